The van der Waals surface area contributed by atoms with Crippen molar-refractivity contribution in [3.8, 4) is 5.75 Å². The van der Waals surface area contributed by atoms with E-state index in [2.05, 4.69) is 45.6 Å². The summed E-state index contributed by atoms with van der Waals surface area (Å²) in [5.74, 6) is 1.70. The Morgan fingerprint density at radius 1 is 1.12 bits per heavy atom. The summed E-state index contributed by atoms with van der Waals surface area (Å²) in [5.41, 5.74) is 1.12. The largest absolute Gasteiger partial charge is 0.492 e. The van der Waals surface area contributed by atoms with Crippen LogP contribution in [0, 0.1) is 6.92 Å². The van der Waals surface area contributed by atoms with Gasteiger partial charge in [0.1, 0.15) is 12.4 Å². The van der Waals surface area contributed by atoms with Crippen LogP contribution < -0.4 is 15.4 Å². The van der Waals surface area contributed by atoms with Gasteiger partial charge in [0.05, 0.1) is 6.54 Å². The maximum absolute atomic E-state index is 5.91. The molecular formula is C19H29IN4OS. The van der Waals surface area contributed by atoms with Gasteiger partial charge in [0.15, 0.2) is 5.96 Å². The van der Waals surface area contributed by atoms with Gasteiger partial charge in [-0.1, -0.05) is 18.2 Å². The van der Waals surface area contributed by atoms with Crippen molar-refractivity contribution in [2.24, 2.45) is 4.99 Å². The van der Waals surface area contributed by atoms with E-state index in [-0.39, 0.29) is 24.0 Å². The molecular weight excluding hydrogens is 459 g/mol. The van der Waals surface area contributed by atoms with Gasteiger partial charge in [0.2, 0.25) is 0 Å². The number of nitrogens with one attached hydrogen (secondary N) is 2. The van der Waals surface area contributed by atoms with Crippen LogP contribution in [0.15, 0.2) is 41.4 Å². The monoisotopic (exact) mass is 488 g/mol. The fourth-order valence-corrected chi connectivity index (χ4v) is 3.11. The van der Waals surface area contributed by atoms with Crippen molar-refractivity contribution in [2.45, 2.75) is 20.0 Å². The van der Waals surface area contributed by atoms with E-state index in [1.807, 2.05) is 32.3 Å². The second-order valence-corrected chi connectivity index (χ2v) is 7.42. The number of guanidine groups is 1. The van der Waals surface area contributed by atoms with Gasteiger partial charge < -0.3 is 20.3 Å². The number of aryl methyl sites for hydroxylation is 1. The lowest BCUT2D eigenvalue weighted by Gasteiger charge is -2.16. The smallest absolute Gasteiger partial charge is 0.191 e. The van der Waals surface area contributed by atoms with Crippen molar-refractivity contribution in [2.75, 3.05) is 34.3 Å². The lowest BCUT2D eigenvalue weighted by Crippen LogP contribution is -2.36. The number of likely N-dealkylation sites (N-methyl/N-ethyl adjacent to an activating group) is 1. The van der Waals surface area contributed by atoms with Gasteiger partial charge in [-0.3, -0.25) is 4.99 Å². The molecule has 144 valence electrons. The maximum atomic E-state index is 5.91. The average molecular weight is 488 g/mol. The molecule has 1 heterocycles. The predicted molar refractivity (Wildman–Crippen MR) is 122 cm³/mol. The van der Waals surface area contributed by atoms with Crippen LogP contribution in [0.25, 0.3) is 0 Å². The summed E-state index contributed by atoms with van der Waals surface area (Å²) < 4.78 is 5.91. The molecule has 0 radical (unpaired) electrons. The highest BCUT2D eigenvalue weighted by Crippen LogP contribution is 2.18. The van der Waals surface area contributed by atoms with E-state index >= 15 is 0 Å². The van der Waals surface area contributed by atoms with Crippen molar-refractivity contribution in [1.82, 2.24) is 15.5 Å². The van der Waals surface area contributed by atoms with Crippen LogP contribution in [0.5, 0.6) is 5.75 Å². The van der Waals surface area contributed by atoms with E-state index in [9.17, 15) is 0 Å². The minimum absolute atomic E-state index is 0. The summed E-state index contributed by atoms with van der Waals surface area (Å²) in [6.45, 7) is 5.13. The van der Waals surface area contributed by atoms with E-state index in [0.717, 1.165) is 30.4 Å². The lowest BCUT2D eigenvalue weighted by molar-refractivity contribution is 0.259. The Balaban J connectivity index is 0.00000338. The predicted octanol–water partition coefficient (Wildman–Crippen LogP) is 3.48. The molecule has 2 N–H and O–H groups in total. The molecule has 7 heteroatoms. The minimum Gasteiger partial charge on any atom is -0.492 e. The summed E-state index contributed by atoms with van der Waals surface area (Å²) in [5, 5.41) is 6.70. The first kappa shape index (κ1) is 22.7. The van der Waals surface area contributed by atoms with E-state index in [0.29, 0.717) is 13.2 Å². The molecule has 0 saturated heterocycles. The summed E-state index contributed by atoms with van der Waals surface area (Å²) in [6, 6.07) is 12.4. The van der Waals surface area contributed by atoms with Crippen LogP contribution in [-0.2, 0) is 13.1 Å². The lowest BCUT2D eigenvalue weighted by atomic mass is 10.2. The molecule has 0 unspecified atom stereocenters. The van der Waals surface area contributed by atoms with Crippen molar-refractivity contribution < 1.29 is 4.74 Å². The molecule has 0 aliphatic heterocycles. The number of aliphatic imine (C=N–C) groups is 1. The standard InChI is InChI=1S/C19H28N4OS.HI/c1-15-9-10-17(25-15)14-22-19(20-2)21-13-16-7-5-6-8-18(16)24-12-11-23(3)4;/h5-10H,11-14H2,1-4H3,(H2,20,21,22);1H. The highest BCUT2D eigenvalue weighted by molar-refractivity contribution is 14.0. The first-order valence-corrected chi connectivity index (χ1v) is 9.25. The zero-order valence-corrected chi connectivity index (χ0v) is 19.1. The Bertz CT molecular complexity index is 688. The topological polar surface area (TPSA) is 48.9 Å². The maximum Gasteiger partial charge on any atom is 0.191 e. The van der Waals surface area contributed by atoms with Crippen LogP contribution >= 0.6 is 35.3 Å². The second kappa shape index (κ2) is 12.1. The highest BCUT2D eigenvalue weighted by atomic mass is 127. The zero-order chi connectivity index (χ0) is 18.1. The molecule has 2 aromatic rings. The molecule has 1 aromatic heterocycles. The Morgan fingerprint density at radius 3 is 2.50 bits per heavy atom. The van der Waals surface area contributed by atoms with Gasteiger partial charge >= 0.3 is 0 Å². The Labute approximate surface area is 177 Å². The van der Waals surface area contributed by atoms with Gasteiger partial charge in [0.25, 0.3) is 0 Å². The molecule has 0 bridgehead atoms. The molecule has 5 nitrogen and oxygen atoms in total. The van der Waals surface area contributed by atoms with E-state index in [1.165, 1.54) is 9.75 Å². The van der Waals surface area contributed by atoms with Crippen LogP contribution in [0.4, 0.5) is 0 Å². The Kier molecular flexibility index (Phi) is 10.6. The van der Waals surface area contributed by atoms with Gasteiger partial charge in [-0.2, -0.15) is 0 Å². The van der Waals surface area contributed by atoms with Crippen LogP contribution in [-0.4, -0.2) is 45.2 Å². The van der Waals surface area contributed by atoms with E-state index < -0.39 is 0 Å². The van der Waals surface area contributed by atoms with Gasteiger partial charge in [-0.05, 0) is 39.2 Å². The molecule has 1 aromatic carbocycles. The number of thiophene rings is 1. The molecule has 0 aliphatic carbocycles. The molecule has 0 amide bonds. The summed E-state index contributed by atoms with van der Waals surface area (Å²) >= 11 is 1.80. The fourth-order valence-electron chi connectivity index (χ4n) is 2.28. The third-order valence-electron chi connectivity index (χ3n) is 3.66. The molecule has 0 spiro atoms. The second-order valence-electron chi connectivity index (χ2n) is 6.05. The number of benzene rings is 1. The fraction of sp³-hybridized carbons (Fsp3) is 0.421. The number of para-hydroxylation sites is 1. The number of nitrogens with zero attached hydrogens (tertiary/aromatic N) is 2. The quantitative estimate of drug-likeness (QED) is 0.340. The SMILES string of the molecule is CN=C(NCc1ccc(C)s1)NCc1ccccc1OCCN(C)C.I. The van der Waals surface area contributed by atoms with Gasteiger partial charge in [-0.15, -0.1) is 35.3 Å². The van der Waals surface area contributed by atoms with E-state index in [1.54, 1.807) is 18.4 Å². The molecule has 0 aliphatic rings. The first-order valence-electron chi connectivity index (χ1n) is 8.43. The number of hydrogen-bond donors (Lipinski definition) is 2. The number of ether oxygens (including phenoxy) is 1. The van der Waals surface area contributed by atoms with Crippen molar-refractivity contribution in [1.29, 1.82) is 0 Å². The van der Waals surface area contributed by atoms with Crippen molar-refractivity contribution >= 4 is 41.3 Å². The normalized spacial score (nSPS) is 11.2. The molecule has 0 fully saturated rings. The zero-order valence-electron chi connectivity index (χ0n) is 15.9. The van der Waals surface area contributed by atoms with Crippen molar-refractivity contribution in [3.63, 3.8) is 0 Å². The molecule has 2 rings (SSSR count). The van der Waals surface area contributed by atoms with Crippen LogP contribution in [0.2, 0.25) is 0 Å². The third kappa shape index (κ3) is 7.92. The molecule has 26 heavy (non-hydrogen) atoms. The summed E-state index contributed by atoms with van der Waals surface area (Å²) in [4.78, 5) is 9.02. The van der Waals surface area contributed by atoms with Gasteiger partial charge in [-0.25, -0.2) is 0 Å². The number of halogens is 1. The number of hydrogen-bond acceptors (Lipinski definition) is 4. The van der Waals surface area contributed by atoms with Gasteiger partial charge in [0, 0.05) is 35.5 Å². The third-order valence-corrected chi connectivity index (χ3v) is 4.67. The average Bonchev–Trinajstić information content (AvgIpc) is 3.01. The van der Waals surface area contributed by atoms with Crippen molar-refractivity contribution in [3.05, 3.63) is 51.7 Å². The Morgan fingerprint density at radius 2 is 1.85 bits per heavy atom. The molecule has 0 atom stereocenters. The first-order chi connectivity index (χ1) is 12.1. The Hall–Kier alpha value is -1.32. The minimum atomic E-state index is 0. The molecule has 0 saturated carbocycles. The van der Waals surface area contributed by atoms with Crippen LogP contribution in [0.1, 0.15) is 15.3 Å². The summed E-state index contributed by atoms with van der Waals surface area (Å²) in [6.07, 6.45) is 0. The summed E-state index contributed by atoms with van der Waals surface area (Å²) in [7, 11) is 5.87. The van der Waals surface area contributed by atoms with Crippen LogP contribution in [0.3, 0.4) is 0 Å². The van der Waals surface area contributed by atoms with E-state index in [4.69, 9.17) is 4.74 Å². The number of rotatable bonds is 8. The highest BCUT2D eigenvalue weighted by Gasteiger charge is 2.05.